The van der Waals surface area contributed by atoms with Gasteiger partial charge in [-0.25, -0.2) is 4.79 Å². The van der Waals surface area contributed by atoms with E-state index in [1.54, 1.807) is 0 Å². The highest BCUT2D eigenvalue weighted by molar-refractivity contribution is 5.84. The Hall–Kier alpha value is -1.18. The summed E-state index contributed by atoms with van der Waals surface area (Å²) in [5.74, 6) is -1.82. The summed E-state index contributed by atoms with van der Waals surface area (Å²) >= 11 is 0. The normalized spacial score (nSPS) is 19.6. The highest BCUT2D eigenvalue weighted by atomic mass is 16.5. The number of aliphatic hydroxyl groups is 1. The number of carbonyl (C=O) groups is 2. The molecule has 1 rings (SSSR count). The Morgan fingerprint density at radius 1 is 1.56 bits per heavy atom. The van der Waals surface area contributed by atoms with Crippen molar-refractivity contribution in [3.8, 4) is 0 Å². The van der Waals surface area contributed by atoms with E-state index in [1.807, 2.05) is 6.92 Å². The molecule has 7 nitrogen and oxygen atoms in total. The van der Waals surface area contributed by atoms with Crippen LogP contribution in [0.2, 0.25) is 0 Å². The van der Waals surface area contributed by atoms with Crippen LogP contribution in [0, 0.1) is 0 Å². The molecule has 4 N–H and O–H groups in total. The summed E-state index contributed by atoms with van der Waals surface area (Å²) in [4.78, 5) is 21.8. The van der Waals surface area contributed by atoms with Crippen molar-refractivity contribution >= 4 is 11.9 Å². The second kappa shape index (κ2) is 5.24. The molecule has 16 heavy (non-hydrogen) atoms. The summed E-state index contributed by atoms with van der Waals surface area (Å²) in [6, 6.07) is -1.27. The third-order valence-corrected chi connectivity index (χ3v) is 2.37. The molecule has 0 aromatic rings. The fraction of sp³-hybridized carbons (Fsp3) is 0.778. The molecule has 1 fully saturated rings. The summed E-state index contributed by atoms with van der Waals surface area (Å²) in [5, 5.41) is 22.4. The van der Waals surface area contributed by atoms with Gasteiger partial charge in [-0.1, -0.05) is 0 Å². The molecule has 0 radical (unpaired) electrons. The zero-order chi connectivity index (χ0) is 12.2. The molecular formula is C9H16N2O5. The molecule has 0 aromatic carbocycles. The van der Waals surface area contributed by atoms with Crippen molar-refractivity contribution in [1.82, 2.24) is 10.6 Å². The molecular weight excluding hydrogens is 216 g/mol. The lowest BCUT2D eigenvalue weighted by Gasteiger charge is -2.38. The highest BCUT2D eigenvalue weighted by Crippen LogP contribution is 2.14. The van der Waals surface area contributed by atoms with Crippen molar-refractivity contribution in [3.05, 3.63) is 0 Å². The van der Waals surface area contributed by atoms with Crippen LogP contribution in [-0.2, 0) is 14.3 Å². The van der Waals surface area contributed by atoms with E-state index in [-0.39, 0.29) is 12.2 Å². The van der Waals surface area contributed by atoms with Crippen LogP contribution in [0.4, 0.5) is 0 Å². The van der Waals surface area contributed by atoms with E-state index in [0.717, 1.165) is 0 Å². The van der Waals surface area contributed by atoms with E-state index < -0.39 is 24.5 Å². The minimum atomic E-state index is -1.27. The number of carbonyl (C=O) groups excluding carboxylic acids is 1. The second-order valence-electron chi connectivity index (χ2n) is 3.98. The third kappa shape index (κ3) is 3.44. The van der Waals surface area contributed by atoms with E-state index in [1.165, 1.54) is 0 Å². The number of aliphatic carboxylic acids is 1. The van der Waals surface area contributed by atoms with E-state index in [0.29, 0.717) is 13.1 Å². The maximum absolute atomic E-state index is 11.3. The van der Waals surface area contributed by atoms with Crippen molar-refractivity contribution in [2.45, 2.75) is 18.6 Å². The predicted molar refractivity (Wildman–Crippen MR) is 53.9 cm³/mol. The van der Waals surface area contributed by atoms with Gasteiger partial charge >= 0.3 is 5.97 Å². The summed E-state index contributed by atoms with van der Waals surface area (Å²) in [7, 11) is 0. The number of hydrogen-bond acceptors (Lipinski definition) is 5. The standard InChI is InChI=1S/C9H16N2O5/c1-9(4-10-5-9)16-3-7(13)11-6(2-12)8(14)15/h6,10,12H,2-5H2,1H3,(H,11,13)(H,14,15)/t6-/m0/s1. The van der Waals surface area contributed by atoms with Gasteiger partial charge in [0.1, 0.15) is 12.6 Å². The van der Waals surface area contributed by atoms with Gasteiger partial charge in [0.15, 0.2) is 0 Å². The Balaban J connectivity index is 2.27. The summed E-state index contributed by atoms with van der Waals surface area (Å²) < 4.78 is 5.30. The first kappa shape index (κ1) is 12.9. The first-order chi connectivity index (χ1) is 7.47. The number of rotatable bonds is 6. The van der Waals surface area contributed by atoms with E-state index in [4.69, 9.17) is 14.9 Å². The number of hydrogen-bond donors (Lipinski definition) is 4. The lowest BCUT2D eigenvalue weighted by atomic mass is 10.0. The van der Waals surface area contributed by atoms with Crippen LogP contribution in [0.1, 0.15) is 6.92 Å². The van der Waals surface area contributed by atoms with Crippen molar-refractivity contribution in [1.29, 1.82) is 0 Å². The average molecular weight is 232 g/mol. The van der Waals surface area contributed by atoms with Gasteiger partial charge in [-0.2, -0.15) is 0 Å². The highest BCUT2D eigenvalue weighted by Gasteiger charge is 2.33. The lowest BCUT2D eigenvalue weighted by Crippen LogP contribution is -2.60. The fourth-order valence-electron chi connectivity index (χ4n) is 1.24. The number of carboxylic acid groups (broad SMARTS) is 1. The van der Waals surface area contributed by atoms with Crippen LogP contribution in [-0.4, -0.2) is 60.0 Å². The van der Waals surface area contributed by atoms with E-state index in [2.05, 4.69) is 10.6 Å². The lowest BCUT2D eigenvalue weighted by molar-refractivity contribution is -0.146. The van der Waals surface area contributed by atoms with Gasteiger partial charge < -0.3 is 25.6 Å². The molecule has 0 unspecified atom stereocenters. The molecule has 7 heteroatoms. The van der Waals surface area contributed by atoms with Crippen molar-refractivity contribution < 1.29 is 24.5 Å². The largest absolute Gasteiger partial charge is 0.480 e. The zero-order valence-electron chi connectivity index (χ0n) is 9.02. The Labute approximate surface area is 92.8 Å². The van der Waals surface area contributed by atoms with Gasteiger partial charge in [0, 0.05) is 13.1 Å². The van der Waals surface area contributed by atoms with Crippen LogP contribution in [0.15, 0.2) is 0 Å². The van der Waals surface area contributed by atoms with Crippen molar-refractivity contribution in [2.75, 3.05) is 26.3 Å². The van der Waals surface area contributed by atoms with Gasteiger partial charge in [0.05, 0.1) is 12.2 Å². The molecule has 0 aliphatic carbocycles. The smallest absolute Gasteiger partial charge is 0.328 e. The van der Waals surface area contributed by atoms with E-state index >= 15 is 0 Å². The zero-order valence-corrected chi connectivity index (χ0v) is 9.02. The number of ether oxygens (including phenoxy) is 1. The van der Waals surface area contributed by atoms with Gasteiger partial charge in [-0.05, 0) is 6.92 Å². The molecule has 1 saturated heterocycles. The molecule has 0 aromatic heterocycles. The molecule has 0 saturated carbocycles. The number of nitrogens with one attached hydrogen (secondary N) is 2. The van der Waals surface area contributed by atoms with E-state index in [9.17, 15) is 9.59 Å². The molecule has 0 spiro atoms. The molecule has 92 valence electrons. The molecule has 0 bridgehead atoms. The summed E-state index contributed by atoms with van der Waals surface area (Å²) in [6.07, 6.45) is 0. The Morgan fingerprint density at radius 3 is 2.56 bits per heavy atom. The minimum absolute atomic E-state index is 0.206. The fourth-order valence-corrected chi connectivity index (χ4v) is 1.24. The number of amides is 1. The molecule has 1 amide bonds. The van der Waals surface area contributed by atoms with Crippen LogP contribution in [0.5, 0.6) is 0 Å². The van der Waals surface area contributed by atoms with Gasteiger partial charge in [-0.15, -0.1) is 0 Å². The Bertz CT molecular complexity index is 277. The average Bonchev–Trinajstić information content (AvgIpc) is 2.19. The number of aliphatic hydroxyl groups excluding tert-OH is 1. The van der Waals surface area contributed by atoms with Gasteiger partial charge in [0.25, 0.3) is 0 Å². The minimum Gasteiger partial charge on any atom is -0.480 e. The SMILES string of the molecule is CC1(OCC(=O)N[C@@H](CO)C(=O)O)CNC1. The number of carboxylic acids is 1. The maximum atomic E-state index is 11.3. The van der Waals surface area contributed by atoms with Gasteiger partial charge in [-0.3, -0.25) is 4.79 Å². The predicted octanol–water partition coefficient (Wildman–Crippen LogP) is -2.07. The van der Waals surface area contributed by atoms with Crippen LogP contribution < -0.4 is 10.6 Å². The summed E-state index contributed by atoms with van der Waals surface area (Å²) in [5.41, 5.74) is -0.352. The Morgan fingerprint density at radius 2 is 2.19 bits per heavy atom. The molecule has 1 aliphatic rings. The van der Waals surface area contributed by atoms with Crippen LogP contribution in [0.25, 0.3) is 0 Å². The molecule has 1 atom stereocenters. The molecule has 1 aliphatic heterocycles. The van der Waals surface area contributed by atoms with Crippen molar-refractivity contribution in [3.63, 3.8) is 0 Å². The first-order valence-electron chi connectivity index (χ1n) is 4.94. The summed E-state index contributed by atoms with van der Waals surface area (Å²) in [6.45, 7) is 2.35. The topological polar surface area (TPSA) is 108 Å². The monoisotopic (exact) mass is 232 g/mol. The van der Waals surface area contributed by atoms with Gasteiger partial charge in [0.2, 0.25) is 5.91 Å². The maximum Gasteiger partial charge on any atom is 0.328 e. The van der Waals surface area contributed by atoms with Crippen LogP contribution >= 0.6 is 0 Å². The van der Waals surface area contributed by atoms with Crippen molar-refractivity contribution in [2.24, 2.45) is 0 Å². The first-order valence-corrected chi connectivity index (χ1v) is 4.94. The molecule has 1 heterocycles. The van der Waals surface area contributed by atoms with Crippen LogP contribution in [0.3, 0.4) is 0 Å². The second-order valence-corrected chi connectivity index (χ2v) is 3.98. The Kier molecular flexibility index (Phi) is 4.22. The quantitative estimate of drug-likeness (QED) is 0.419. The third-order valence-electron chi connectivity index (χ3n) is 2.37.